The van der Waals surface area contributed by atoms with E-state index >= 15 is 0 Å². The molecule has 3 heterocycles. The predicted molar refractivity (Wildman–Crippen MR) is 77.5 cm³/mol. The van der Waals surface area contributed by atoms with Gasteiger partial charge in [0.2, 0.25) is 5.91 Å². The lowest BCUT2D eigenvalue weighted by molar-refractivity contribution is -0.134. The highest BCUT2D eigenvalue weighted by Crippen LogP contribution is 2.14. The standard InChI is InChI=1S/C13H18N4O2S/c18-12(10-1-2-14-7-10)16-3-5-17(6-4-16)13(19)11-8-20-9-15-11/h1-2,7,11,14-15H,3-6,8-9H2. The second-order valence-corrected chi connectivity index (χ2v) is 6.02. The molecule has 1 atom stereocenters. The van der Waals surface area contributed by atoms with Crippen LogP contribution in [0.25, 0.3) is 0 Å². The second kappa shape index (κ2) is 5.88. The molecule has 7 heteroatoms. The molecule has 2 saturated heterocycles. The molecule has 2 aliphatic rings. The number of aromatic amines is 1. The molecule has 1 aromatic rings. The van der Waals surface area contributed by atoms with Crippen molar-refractivity contribution < 1.29 is 9.59 Å². The molecule has 108 valence electrons. The average Bonchev–Trinajstić information content (AvgIpc) is 3.18. The Morgan fingerprint density at radius 1 is 1.20 bits per heavy atom. The van der Waals surface area contributed by atoms with Gasteiger partial charge in [0.05, 0.1) is 11.6 Å². The lowest BCUT2D eigenvalue weighted by Crippen LogP contribution is -2.54. The topological polar surface area (TPSA) is 68.4 Å². The van der Waals surface area contributed by atoms with Crippen LogP contribution in [0, 0.1) is 0 Å². The molecule has 0 radical (unpaired) electrons. The quantitative estimate of drug-likeness (QED) is 0.803. The number of aromatic nitrogens is 1. The zero-order valence-corrected chi connectivity index (χ0v) is 12.0. The Kier molecular flexibility index (Phi) is 3.98. The monoisotopic (exact) mass is 294 g/mol. The molecule has 3 rings (SSSR count). The van der Waals surface area contributed by atoms with Crippen LogP contribution in [0.2, 0.25) is 0 Å². The van der Waals surface area contributed by atoms with Crippen LogP contribution < -0.4 is 5.32 Å². The first-order valence-corrected chi connectivity index (χ1v) is 7.93. The summed E-state index contributed by atoms with van der Waals surface area (Å²) < 4.78 is 0. The van der Waals surface area contributed by atoms with E-state index in [4.69, 9.17) is 0 Å². The number of hydrogen-bond acceptors (Lipinski definition) is 4. The number of nitrogens with one attached hydrogen (secondary N) is 2. The molecule has 2 amide bonds. The molecular weight excluding hydrogens is 276 g/mol. The highest BCUT2D eigenvalue weighted by atomic mass is 32.2. The van der Waals surface area contributed by atoms with E-state index in [-0.39, 0.29) is 17.9 Å². The third-order valence-electron chi connectivity index (χ3n) is 3.74. The Morgan fingerprint density at radius 3 is 2.55 bits per heavy atom. The molecule has 2 fully saturated rings. The first-order chi connectivity index (χ1) is 9.75. The van der Waals surface area contributed by atoms with E-state index in [9.17, 15) is 9.59 Å². The molecule has 20 heavy (non-hydrogen) atoms. The molecule has 6 nitrogen and oxygen atoms in total. The van der Waals surface area contributed by atoms with Gasteiger partial charge in [0.15, 0.2) is 0 Å². The molecule has 2 N–H and O–H groups in total. The molecule has 0 bridgehead atoms. The van der Waals surface area contributed by atoms with Gasteiger partial charge in [-0.05, 0) is 6.07 Å². The van der Waals surface area contributed by atoms with E-state index in [1.54, 1.807) is 30.2 Å². The van der Waals surface area contributed by atoms with Crippen molar-refractivity contribution in [1.82, 2.24) is 20.1 Å². The number of carbonyl (C=O) groups excluding carboxylic acids is 2. The Hall–Kier alpha value is -1.47. The van der Waals surface area contributed by atoms with Gasteiger partial charge in [-0.3, -0.25) is 14.9 Å². The van der Waals surface area contributed by atoms with Crippen LogP contribution in [-0.4, -0.2) is 70.4 Å². The van der Waals surface area contributed by atoms with Crippen LogP contribution in [0.15, 0.2) is 18.5 Å². The van der Waals surface area contributed by atoms with Crippen molar-refractivity contribution in [1.29, 1.82) is 0 Å². The minimum Gasteiger partial charge on any atom is -0.367 e. The van der Waals surface area contributed by atoms with E-state index in [1.165, 1.54) is 0 Å². The van der Waals surface area contributed by atoms with E-state index in [2.05, 4.69) is 10.3 Å². The highest BCUT2D eigenvalue weighted by molar-refractivity contribution is 7.99. The SMILES string of the molecule is O=C(c1cc[nH]c1)N1CCN(C(=O)C2CSCN2)CC1. The Bertz CT molecular complexity index is 477. The molecule has 0 saturated carbocycles. The maximum Gasteiger partial charge on any atom is 0.255 e. The number of hydrogen-bond donors (Lipinski definition) is 2. The van der Waals surface area contributed by atoms with Crippen molar-refractivity contribution in [2.75, 3.05) is 37.8 Å². The molecule has 1 aromatic heterocycles. The first-order valence-electron chi connectivity index (χ1n) is 6.77. The summed E-state index contributed by atoms with van der Waals surface area (Å²) in [5, 5.41) is 3.20. The molecule has 0 aliphatic carbocycles. The molecular formula is C13H18N4O2S. The highest BCUT2D eigenvalue weighted by Gasteiger charge is 2.30. The van der Waals surface area contributed by atoms with E-state index < -0.39 is 0 Å². The minimum absolute atomic E-state index is 0.0351. The molecule has 0 aromatic carbocycles. The largest absolute Gasteiger partial charge is 0.367 e. The van der Waals surface area contributed by atoms with Gasteiger partial charge in [0.1, 0.15) is 0 Å². The minimum atomic E-state index is -0.0491. The summed E-state index contributed by atoms with van der Waals surface area (Å²) in [6.45, 7) is 2.46. The molecule has 1 unspecified atom stereocenters. The fraction of sp³-hybridized carbons (Fsp3) is 0.538. The summed E-state index contributed by atoms with van der Waals surface area (Å²) in [5.41, 5.74) is 0.679. The third-order valence-corrected chi connectivity index (χ3v) is 4.68. The fourth-order valence-corrected chi connectivity index (χ4v) is 3.48. The lowest BCUT2D eigenvalue weighted by atomic mass is 10.2. The van der Waals surface area contributed by atoms with Crippen molar-refractivity contribution in [3.05, 3.63) is 24.0 Å². The predicted octanol–water partition coefficient (Wildman–Crippen LogP) is -0.0384. The van der Waals surface area contributed by atoms with Crippen molar-refractivity contribution in [3.8, 4) is 0 Å². The molecule has 2 aliphatic heterocycles. The van der Waals surface area contributed by atoms with E-state index in [0.29, 0.717) is 31.7 Å². The first kappa shape index (κ1) is 13.5. The Balaban J connectivity index is 1.54. The average molecular weight is 294 g/mol. The van der Waals surface area contributed by atoms with Crippen molar-refractivity contribution in [2.45, 2.75) is 6.04 Å². The van der Waals surface area contributed by atoms with Gasteiger partial charge in [-0.25, -0.2) is 0 Å². The van der Waals surface area contributed by atoms with Crippen molar-refractivity contribution in [3.63, 3.8) is 0 Å². The van der Waals surface area contributed by atoms with Gasteiger partial charge in [-0.15, -0.1) is 11.8 Å². The summed E-state index contributed by atoms with van der Waals surface area (Å²) in [4.78, 5) is 31.0. The lowest BCUT2D eigenvalue weighted by Gasteiger charge is -2.35. The number of amides is 2. The number of nitrogens with zero attached hydrogens (tertiary/aromatic N) is 2. The van der Waals surface area contributed by atoms with Crippen LogP contribution in [-0.2, 0) is 4.79 Å². The smallest absolute Gasteiger partial charge is 0.255 e. The number of rotatable bonds is 2. The number of H-pyrrole nitrogens is 1. The maximum atomic E-state index is 12.2. The summed E-state index contributed by atoms with van der Waals surface area (Å²) in [5.74, 6) is 1.90. The van der Waals surface area contributed by atoms with Crippen LogP contribution in [0.1, 0.15) is 10.4 Å². The fourth-order valence-electron chi connectivity index (χ4n) is 2.54. The summed E-state index contributed by atoms with van der Waals surface area (Å²) in [7, 11) is 0. The number of piperazine rings is 1. The van der Waals surface area contributed by atoms with Crippen molar-refractivity contribution >= 4 is 23.6 Å². The van der Waals surface area contributed by atoms with Gasteiger partial charge in [-0.1, -0.05) is 0 Å². The van der Waals surface area contributed by atoms with Gasteiger partial charge in [0.25, 0.3) is 5.91 Å². The van der Waals surface area contributed by atoms with Crippen molar-refractivity contribution in [2.24, 2.45) is 0 Å². The summed E-state index contributed by atoms with van der Waals surface area (Å²) in [6, 6.07) is 1.73. The number of thioether (sulfide) groups is 1. The van der Waals surface area contributed by atoms with Gasteiger partial charge < -0.3 is 14.8 Å². The van der Waals surface area contributed by atoms with Crippen LogP contribution in [0.4, 0.5) is 0 Å². The maximum absolute atomic E-state index is 12.2. The normalized spacial score (nSPS) is 23.1. The van der Waals surface area contributed by atoms with Crippen LogP contribution in [0.5, 0.6) is 0 Å². The summed E-state index contributed by atoms with van der Waals surface area (Å²) >= 11 is 1.75. The van der Waals surface area contributed by atoms with E-state index in [0.717, 1.165) is 11.6 Å². The van der Waals surface area contributed by atoms with Gasteiger partial charge >= 0.3 is 0 Å². The Labute approximate surface area is 121 Å². The number of carbonyl (C=O) groups is 2. The molecule has 0 spiro atoms. The van der Waals surface area contributed by atoms with Gasteiger partial charge in [0, 0.05) is 50.2 Å². The van der Waals surface area contributed by atoms with Crippen LogP contribution >= 0.6 is 11.8 Å². The zero-order chi connectivity index (χ0) is 13.9. The summed E-state index contributed by atoms with van der Waals surface area (Å²) in [6.07, 6.45) is 3.45. The second-order valence-electron chi connectivity index (χ2n) is 4.99. The van der Waals surface area contributed by atoms with Crippen LogP contribution in [0.3, 0.4) is 0 Å². The zero-order valence-electron chi connectivity index (χ0n) is 11.2. The van der Waals surface area contributed by atoms with E-state index in [1.807, 2.05) is 9.80 Å². The van der Waals surface area contributed by atoms with Gasteiger partial charge in [-0.2, -0.15) is 0 Å². The third kappa shape index (κ3) is 2.69. The Morgan fingerprint density at radius 2 is 1.95 bits per heavy atom.